The Hall–Kier alpha value is -1.18. The summed E-state index contributed by atoms with van der Waals surface area (Å²) in [5.74, 6) is 0.827. The summed E-state index contributed by atoms with van der Waals surface area (Å²) in [5, 5.41) is 0. The fraction of sp³-hybridized carbons (Fsp3) is 0.688. The molecule has 6 nitrogen and oxygen atoms in total. The standard InChI is InChI=1S/C16H24N2O4S/c1-16(2,3)21-11-13-10-18(9-12-4-5-12)23(19,20)15-8-17-7-6-14(15)22-13/h6-8,12-13H,4-5,9-11H2,1-3H3. The molecule has 1 unspecified atom stereocenters. The van der Waals surface area contributed by atoms with Crippen LogP contribution in [0.5, 0.6) is 5.75 Å². The molecule has 1 aromatic rings. The van der Waals surface area contributed by atoms with Crippen molar-refractivity contribution in [1.29, 1.82) is 0 Å². The van der Waals surface area contributed by atoms with Gasteiger partial charge in [0.25, 0.3) is 0 Å². The minimum Gasteiger partial charge on any atom is -0.485 e. The average Bonchev–Trinajstić information content (AvgIpc) is 3.27. The van der Waals surface area contributed by atoms with Gasteiger partial charge < -0.3 is 9.47 Å². The zero-order valence-electron chi connectivity index (χ0n) is 13.9. The van der Waals surface area contributed by atoms with Crippen LogP contribution >= 0.6 is 0 Å². The van der Waals surface area contributed by atoms with Crippen LogP contribution in [0.3, 0.4) is 0 Å². The van der Waals surface area contributed by atoms with Crippen molar-refractivity contribution < 1.29 is 17.9 Å². The summed E-state index contributed by atoms with van der Waals surface area (Å²) in [6, 6.07) is 1.61. The maximum atomic E-state index is 12.9. The van der Waals surface area contributed by atoms with E-state index in [1.807, 2.05) is 20.8 Å². The van der Waals surface area contributed by atoms with Gasteiger partial charge in [-0.25, -0.2) is 8.42 Å². The molecule has 0 aromatic carbocycles. The number of sulfonamides is 1. The van der Waals surface area contributed by atoms with Crippen molar-refractivity contribution in [1.82, 2.24) is 9.29 Å². The first kappa shape index (κ1) is 16.7. The molecule has 2 aliphatic rings. The van der Waals surface area contributed by atoms with Gasteiger partial charge in [0.2, 0.25) is 10.0 Å². The van der Waals surface area contributed by atoms with Crippen molar-refractivity contribution in [3.63, 3.8) is 0 Å². The summed E-state index contributed by atoms with van der Waals surface area (Å²) in [6.07, 6.45) is 4.78. The summed E-state index contributed by atoms with van der Waals surface area (Å²) < 4.78 is 39.1. The van der Waals surface area contributed by atoms with Gasteiger partial charge in [0.05, 0.1) is 24.9 Å². The third kappa shape index (κ3) is 4.02. The molecule has 1 atom stereocenters. The molecule has 1 aliphatic carbocycles. The normalized spacial score (nSPS) is 24.6. The number of nitrogens with zero attached hydrogens (tertiary/aromatic N) is 2. The molecule has 128 valence electrons. The Morgan fingerprint density at radius 3 is 2.78 bits per heavy atom. The third-order valence-corrected chi connectivity index (χ3v) is 5.77. The lowest BCUT2D eigenvalue weighted by Crippen LogP contribution is -2.41. The Morgan fingerprint density at radius 2 is 2.13 bits per heavy atom. The van der Waals surface area contributed by atoms with E-state index in [4.69, 9.17) is 9.47 Å². The molecule has 1 saturated carbocycles. The molecule has 3 rings (SSSR count). The highest BCUT2D eigenvalue weighted by Crippen LogP contribution is 2.35. The Labute approximate surface area is 137 Å². The Morgan fingerprint density at radius 1 is 1.39 bits per heavy atom. The van der Waals surface area contributed by atoms with Crippen LogP contribution in [0.1, 0.15) is 33.6 Å². The zero-order chi connectivity index (χ0) is 16.7. The van der Waals surface area contributed by atoms with Gasteiger partial charge in [-0.1, -0.05) is 0 Å². The zero-order valence-corrected chi connectivity index (χ0v) is 14.7. The molecule has 0 radical (unpaired) electrons. The van der Waals surface area contributed by atoms with Crippen LogP contribution in [0.25, 0.3) is 0 Å². The Balaban J connectivity index is 1.88. The van der Waals surface area contributed by atoms with E-state index in [0.717, 1.165) is 12.8 Å². The van der Waals surface area contributed by atoms with Crippen LogP contribution in [-0.2, 0) is 14.8 Å². The molecule has 0 spiro atoms. The smallest absolute Gasteiger partial charge is 0.248 e. The van der Waals surface area contributed by atoms with E-state index in [2.05, 4.69) is 4.98 Å². The first-order valence-electron chi connectivity index (χ1n) is 8.00. The van der Waals surface area contributed by atoms with Gasteiger partial charge in [0, 0.05) is 12.7 Å². The number of rotatable bonds is 4. The fourth-order valence-electron chi connectivity index (χ4n) is 2.53. The monoisotopic (exact) mass is 340 g/mol. The van der Waals surface area contributed by atoms with E-state index >= 15 is 0 Å². The molecular formula is C16H24N2O4S. The van der Waals surface area contributed by atoms with Crippen LogP contribution in [-0.4, -0.2) is 49.1 Å². The molecule has 0 amide bonds. The number of pyridine rings is 1. The van der Waals surface area contributed by atoms with Crippen molar-refractivity contribution in [3.05, 3.63) is 18.5 Å². The summed E-state index contributed by atoms with van der Waals surface area (Å²) >= 11 is 0. The van der Waals surface area contributed by atoms with Gasteiger partial charge in [0.1, 0.15) is 16.7 Å². The van der Waals surface area contributed by atoms with E-state index in [1.54, 1.807) is 12.3 Å². The molecule has 0 saturated heterocycles. The number of fused-ring (bicyclic) bond motifs is 1. The highest BCUT2D eigenvalue weighted by molar-refractivity contribution is 7.89. The summed E-state index contributed by atoms with van der Waals surface area (Å²) in [4.78, 5) is 4.11. The Bertz CT molecular complexity index is 665. The lowest BCUT2D eigenvalue weighted by atomic mass is 10.2. The lowest BCUT2D eigenvalue weighted by Gasteiger charge is -2.26. The molecule has 1 aromatic heterocycles. The molecule has 2 heterocycles. The molecule has 1 fully saturated rings. The van der Waals surface area contributed by atoms with Gasteiger partial charge in [-0.05, 0) is 45.6 Å². The van der Waals surface area contributed by atoms with Crippen molar-refractivity contribution in [2.75, 3.05) is 19.7 Å². The second-order valence-electron chi connectivity index (χ2n) is 7.25. The topological polar surface area (TPSA) is 68.7 Å². The summed E-state index contributed by atoms with van der Waals surface area (Å²) in [6.45, 7) is 7.12. The fourth-order valence-corrected chi connectivity index (χ4v) is 4.14. The van der Waals surface area contributed by atoms with E-state index in [-0.39, 0.29) is 16.6 Å². The van der Waals surface area contributed by atoms with E-state index < -0.39 is 10.0 Å². The minimum atomic E-state index is -3.57. The molecule has 7 heteroatoms. The van der Waals surface area contributed by atoms with Crippen LogP contribution < -0.4 is 4.74 Å². The van der Waals surface area contributed by atoms with Crippen molar-refractivity contribution >= 4 is 10.0 Å². The maximum absolute atomic E-state index is 12.9. The van der Waals surface area contributed by atoms with Gasteiger partial charge >= 0.3 is 0 Å². The van der Waals surface area contributed by atoms with E-state index in [9.17, 15) is 8.42 Å². The van der Waals surface area contributed by atoms with Gasteiger partial charge in [-0.3, -0.25) is 4.98 Å². The summed E-state index contributed by atoms with van der Waals surface area (Å²) in [5.41, 5.74) is -0.295. The van der Waals surface area contributed by atoms with Crippen molar-refractivity contribution in [2.45, 2.75) is 50.2 Å². The quantitative estimate of drug-likeness (QED) is 0.839. The summed E-state index contributed by atoms with van der Waals surface area (Å²) in [7, 11) is -3.57. The van der Waals surface area contributed by atoms with Crippen molar-refractivity contribution in [3.8, 4) is 5.75 Å². The largest absolute Gasteiger partial charge is 0.485 e. The maximum Gasteiger partial charge on any atom is 0.248 e. The molecule has 0 bridgehead atoms. The first-order valence-corrected chi connectivity index (χ1v) is 9.44. The number of hydrogen-bond acceptors (Lipinski definition) is 5. The van der Waals surface area contributed by atoms with E-state index in [0.29, 0.717) is 31.4 Å². The molecular weight excluding hydrogens is 316 g/mol. The third-order valence-electron chi connectivity index (χ3n) is 3.93. The van der Waals surface area contributed by atoms with Crippen LogP contribution in [0, 0.1) is 5.92 Å². The number of hydrogen-bond donors (Lipinski definition) is 0. The SMILES string of the molecule is CC(C)(C)OCC1CN(CC2CC2)S(=O)(=O)c2cnccc2O1. The van der Waals surface area contributed by atoms with Crippen LogP contribution in [0.2, 0.25) is 0 Å². The Kier molecular flexibility index (Phi) is 4.37. The first-order chi connectivity index (χ1) is 10.8. The van der Waals surface area contributed by atoms with Crippen molar-refractivity contribution in [2.24, 2.45) is 5.92 Å². The van der Waals surface area contributed by atoms with Crippen LogP contribution in [0.15, 0.2) is 23.4 Å². The van der Waals surface area contributed by atoms with Gasteiger partial charge in [-0.2, -0.15) is 4.31 Å². The van der Waals surface area contributed by atoms with Gasteiger partial charge in [-0.15, -0.1) is 0 Å². The number of ether oxygens (including phenoxy) is 2. The second-order valence-corrected chi connectivity index (χ2v) is 9.16. The average molecular weight is 340 g/mol. The molecule has 23 heavy (non-hydrogen) atoms. The lowest BCUT2D eigenvalue weighted by molar-refractivity contribution is -0.0444. The minimum absolute atomic E-state index is 0.152. The molecule has 0 N–H and O–H groups in total. The van der Waals surface area contributed by atoms with E-state index in [1.165, 1.54) is 10.5 Å². The predicted octanol–water partition coefficient (Wildman–Crippen LogP) is 2.06. The second kappa shape index (κ2) is 6.03. The number of aromatic nitrogens is 1. The highest BCUT2D eigenvalue weighted by atomic mass is 32.2. The molecule has 1 aliphatic heterocycles. The highest BCUT2D eigenvalue weighted by Gasteiger charge is 2.38. The van der Waals surface area contributed by atoms with Crippen LogP contribution in [0.4, 0.5) is 0 Å². The predicted molar refractivity (Wildman–Crippen MR) is 85.8 cm³/mol. The van der Waals surface area contributed by atoms with Gasteiger partial charge in [0.15, 0.2) is 0 Å².